The monoisotopic (exact) mass is 494 g/mol. The molecule has 1 heterocycles. The third kappa shape index (κ3) is 5.71. The molecule has 0 unspecified atom stereocenters. The number of fused-ring (bicyclic) bond motifs is 1. The lowest BCUT2D eigenvalue weighted by Gasteiger charge is -2.19. The molecule has 12 heteroatoms. The molecule has 0 bridgehead atoms. The Bertz CT molecular complexity index is 1340. The second kappa shape index (κ2) is 10.8. The van der Waals surface area contributed by atoms with Crippen LogP contribution >= 0.6 is 0 Å². The van der Waals surface area contributed by atoms with Gasteiger partial charge in [-0.1, -0.05) is 32.0 Å². The van der Waals surface area contributed by atoms with E-state index in [0.29, 0.717) is 0 Å². The average Bonchev–Trinajstić information content (AvgIpc) is 3.07. The van der Waals surface area contributed by atoms with E-state index in [1.165, 1.54) is 6.21 Å². The minimum Gasteiger partial charge on any atom is -0.347 e. The minimum atomic E-state index is -1.03. The SMILES string of the molecule is Cc1c(/C=N\NC(=O)[C@@H](CC(C)C)NC(=O)c2cc([N+](=O)[O-])cc([N+](=O)[O-])c2)c2ccccc2n1C. The molecule has 0 fully saturated rings. The lowest BCUT2D eigenvalue weighted by Crippen LogP contribution is -2.46. The quantitative estimate of drug-likeness (QED) is 0.262. The van der Waals surface area contributed by atoms with Gasteiger partial charge in [-0.2, -0.15) is 5.10 Å². The van der Waals surface area contributed by atoms with Gasteiger partial charge in [-0.15, -0.1) is 0 Å². The van der Waals surface area contributed by atoms with Gasteiger partial charge in [-0.3, -0.25) is 29.8 Å². The molecule has 0 saturated heterocycles. The number of nitrogens with zero attached hydrogens (tertiary/aromatic N) is 4. The van der Waals surface area contributed by atoms with E-state index < -0.39 is 39.1 Å². The zero-order valence-electron chi connectivity index (χ0n) is 20.2. The Morgan fingerprint density at radius 1 is 1.08 bits per heavy atom. The third-order valence-electron chi connectivity index (χ3n) is 5.73. The Labute approximate surface area is 206 Å². The number of rotatable bonds is 9. The van der Waals surface area contributed by atoms with Crippen molar-refractivity contribution in [3.8, 4) is 0 Å². The van der Waals surface area contributed by atoms with Crippen LogP contribution in [0.2, 0.25) is 0 Å². The number of hydrogen-bond donors (Lipinski definition) is 2. The average molecular weight is 495 g/mol. The van der Waals surface area contributed by atoms with Gasteiger partial charge in [0.25, 0.3) is 23.2 Å². The highest BCUT2D eigenvalue weighted by atomic mass is 16.6. The molecule has 12 nitrogen and oxygen atoms in total. The fourth-order valence-electron chi connectivity index (χ4n) is 3.83. The largest absolute Gasteiger partial charge is 0.347 e. The molecule has 2 amide bonds. The topological polar surface area (TPSA) is 162 Å². The van der Waals surface area contributed by atoms with Crippen molar-refractivity contribution in [2.45, 2.75) is 33.2 Å². The van der Waals surface area contributed by atoms with Crippen LogP contribution in [0.15, 0.2) is 47.6 Å². The maximum Gasteiger partial charge on any atom is 0.277 e. The van der Waals surface area contributed by atoms with E-state index >= 15 is 0 Å². The standard InChI is InChI=1S/C24H26N6O6/c1-14(2)9-21(26-23(31)16-10-17(29(33)34)12-18(11-16)30(35)36)24(32)27-25-13-20-15(3)28(4)22-8-6-5-7-19(20)22/h5-8,10-14,21H,9H2,1-4H3,(H,26,31)(H,27,32)/b25-13-/t21-/m1/s1. The highest BCUT2D eigenvalue weighted by Gasteiger charge is 2.25. The molecule has 0 spiro atoms. The second-order valence-corrected chi connectivity index (χ2v) is 8.72. The molecule has 0 aliphatic rings. The summed E-state index contributed by atoms with van der Waals surface area (Å²) < 4.78 is 2.01. The first-order valence-electron chi connectivity index (χ1n) is 11.1. The van der Waals surface area contributed by atoms with E-state index in [1.54, 1.807) is 0 Å². The molecule has 1 aromatic heterocycles. The molecule has 0 aliphatic heterocycles. The van der Waals surface area contributed by atoms with Gasteiger partial charge in [0, 0.05) is 41.3 Å². The van der Waals surface area contributed by atoms with E-state index in [0.717, 1.165) is 40.4 Å². The molecular formula is C24H26N6O6. The summed E-state index contributed by atoms with van der Waals surface area (Å²) in [6.07, 6.45) is 1.78. The first-order chi connectivity index (χ1) is 17.0. The first kappa shape index (κ1) is 26.0. The summed E-state index contributed by atoms with van der Waals surface area (Å²) in [5, 5.41) is 29.8. The molecule has 2 N–H and O–H groups in total. The number of non-ortho nitro benzene ring substituents is 2. The van der Waals surface area contributed by atoms with Crippen LogP contribution in [-0.2, 0) is 11.8 Å². The van der Waals surface area contributed by atoms with Gasteiger partial charge in [0.05, 0.1) is 27.7 Å². The summed E-state index contributed by atoms with van der Waals surface area (Å²) in [4.78, 5) is 46.3. The van der Waals surface area contributed by atoms with Crippen molar-refractivity contribution < 1.29 is 19.4 Å². The fourth-order valence-corrected chi connectivity index (χ4v) is 3.83. The molecule has 0 saturated carbocycles. The third-order valence-corrected chi connectivity index (χ3v) is 5.73. The number of carbonyl (C=O) groups is 2. The van der Waals surface area contributed by atoms with E-state index in [2.05, 4.69) is 15.8 Å². The van der Waals surface area contributed by atoms with Crippen LogP contribution in [0.5, 0.6) is 0 Å². The molecule has 1 atom stereocenters. The summed E-state index contributed by atoms with van der Waals surface area (Å²) in [7, 11) is 1.93. The number of hydrazone groups is 1. The Balaban J connectivity index is 1.81. The summed E-state index contributed by atoms with van der Waals surface area (Å²) in [5.74, 6) is -1.44. The van der Waals surface area contributed by atoms with Crippen LogP contribution in [0.3, 0.4) is 0 Å². The van der Waals surface area contributed by atoms with Crippen LogP contribution in [0.4, 0.5) is 11.4 Å². The predicted molar refractivity (Wildman–Crippen MR) is 134 cm³/mol. The molecule has 0 aliphatic carbocycles. The van der Waals surface area contributed by atoms with E-state index in [1.807, 2.05) is 56.7 Å². The van der Waals surface area contributed by atoms with Crippen molar-refractivity contribution in [1.29, 1.82) is 0 Å². The normalized spacial score (nSPS) is 12.1. The highest BCUT2D eigenvalue weighted by molar-refractivity contribution is 6.02. The van der Waals surface area contributed by atoms with Crippen LogP contribution < -0.4 is 10.7 Å². The van der Waals surface area contributed by atoms with Crippen molar-refractivity contribution in [1.82, 2.24) is 15.3 Å². The Hall–Kier alpha value is -4.61. The van der Waals surface area contributed by atoms with Gasteiger partial charge in [-0.25, -0.2) is 5.43 Å². The molecule has 36 heavy (non-hydrogen) atoms. The number of carbonyl (C=O) groups excluding carboxylic acids is 2. The molecule has 3 aromatic rings. The van der Waals surface area contributed by atoms with E-state index in [-0.39, 0.29) is 17.9 Å². The van der Waals surface area contributed by atoms with Crippen molar-refractivity contribution in [3.05, 3.63) is 79.5 Å². The van der Waals surface area contributed by atoms with E-state index in [4.69, 9.17) is 0 Å². The van der Waals surface area contributed by atoms with Crippen molar-refractivity contribution in [2.75, 3.05) is 0 Å². The maximum atomic E-state index is 12.9. The van der Waals surface area contributed by atoms with Gasteiger partial charge < -0.3 is 9.88 Å². The number of hydrogen-bond acceptors (Lipinski definition) is 7. The van der Waals surface area contributed by atoms with Crippen LogP contribution in [0, 0.1) is 33.1 Å². The minimum absolute atomic E-state index is 0.00443. The number of para-hydroxylation sites is 1. The smallest absolute Gasteiger partial charge is 0.277 e. The second-order valence-electron chi connectivity index (χ2n) is 8.72. The molecule has 188 valence electrons. The predicted octanol–water partition coefficient (Wildman–Crippen LogP) is 3.60. The van der Waals surface area contributed by atoms with Crippen molar-refractivity contribution in [2.24, 2.45) is 18.1 Å². The fraction of sp³-hybridized carbons (Fsp3) is 0.292. The highest BCUT2D eigenvalue weighted by Crippen LogP contribution is 2.24. The lowest BCUT2D eigenvalue weighted by atomic mass is 10.0. The summed E-state index contributed by atoms with van der Waals surface area (Å²) in [6.45, 7) is 5.64. The van der Waals surface area contributed by atoms with Gasteiger partial charge in [0.15, 0.2) is 0 Å². The molecule has 2 aromatic carbocycles. The Morgan fingerprint density at radius 2 is 1.69 bits per heavy atom. The number of nitrogens with one attached hydrogen (secondary N) is 2. The van der Waals surface area contributed by atoms with Gasteiger partial charge >= 0.3 is 0 Å². The van der Waals surface area contributed by atoms with Crippen LogP contribution in [0.1, 0.15) is 41.9 Å². The zero-order chi connectivity index (χ0) is 26.6. The van der Waals surface area contributed by atoms with E-state index in [9.17, 15) is 29.8 Å². The van der Waals surface area contributed by atoms with Crippen molar-refractivity contribution >= 4 is 40.3 Å². The number of nitro groups is 2. The van der Waals surface area contributed by atoms with Crippen LogP contribution in [-0.4, -0.2) is 38.5 Å². The number of nitro benzene ring substituents is 2. The number of amides is 2. The number of benzene rings is 2. The van der Waals surface area contributed by atoms with Crippen molar-refractivity contribution in [3.63, 3.8) is 0 Å². The van der Waals surface area contributed by atoms with Crippen LogP contribution in [0.25, 0.3) is 10.9 Å². The molecule has 3 rings (SSSR count). The maximum absolute atomic E-state index is 12.9. The molecular weight excluding hydrogens is 468 g/mol. The Kier molecular flexibility index (Phi) is 7.77. The Morgan fingerprint density at radius 3 is 2.28 bits per heavy atom. The zero-order valence-corrected chi connectivity index (χ0v) is 20.2. The summed E-state index contributed by atoms with van der Waals surface area (Å²) in [5.41, 5.74) is 3.74. The lowest BCUT2D eigenvalue weighted by molar-refractivity contribution is -0.394. The summed E-state index contributed by atoms with van der Waals surface area (Å²) >= 11 is 0. The summed E-state index contributed by atoms with van der Waals surface area (Å²) in [6, 6.07) is 9.35. The van der Waals surface area contributed by atoms with Gasteiger partial charge in [0.1, 0.15) is 6.04 Å². The number of aryl methyl sites for hydroxylation is 1. The number of aromatic nitrogens is 1. The van der Waals surface area contributed by atoms with Gasteiger partial charge in [-0.05, 0) is 25.3 Å². The van der Waals surface area contributed by atoms with Gasteiger partial charge in [0.2, 0.25) is 0 Å². The first-order valence-corrected chi connectivity index (χ1v) is 11.1. The molecule has 0 radical (unpaired) electrons.